The lowest BCUT2D eigenvalue weighted by atomic mass is 10.1. The number of carbonyl (C=O) groups excluding carboxylic acids is 2. The second kappa shape index (κ2) is 5.53. The third-order valence-electron chi connectivity index (χ3n) is 2.72. The maximum Gasteiger partial charge on any atom is 0.255 e. The summed E-state index contributed by atoms with van der Waals surface area (Å²) in [6, 6.07) is 5.07. The lowest BCUT2D eigenvalue weighted by molar-refractivity contribution is 0.0988. The number of aromatic nitrogens is 1. The van der Waals surface area contributed by atoms with Crippen LogP contribution < -0.4 is 0 Å². The van der Waals surface area contributed by atoms with Crippen LogP contribution in [0.2, 0.25) is 0 Å². The predicted molar refractivity (Wildman–Crippen MR) is 82.5 cm³/mol. The Morgan fingerprint density at radius 2 is 1.90 bits per heavy atom. The van der Waals surface area contributed by atoms with Crippen LogP contribution in [-0.4, -0.2) is 19.9 Å². The average molecular weight is 351 g/mol. The molecular formula is C13H10Cl3NO2S. The molecule has 0 unspecified atom stereocenters. The van der Waals surface area contributed by atoms with E-state index in [1.54, 1.807) is 19.3 Å². The van der Waals surface area contributed by atoms with Crippen LogP contribution >= 0.6 is 46.1 Å². The Morgan fingerprint density at radius 3 is 2.40 bits per heavy atom. The van der Waals surface area contributed by atoms with Crippen molar-refractivity contribution in [3.05, 3.63) is 45.4 Å². The van der Waals surface area contributed by atoms with Gasteiger partial charge in [-0.05, 0) is 25.1 Å². The average Bonchev–Trinajstić information content (AvgIpc) is 2.92. The molecule has 2 aromatic heterocycles. The van der Waals surface area contributed by atoms with Crippen LogP contribution in [0.1, 0.15) is 30.6 Å². The Kier molecular flexibility index (Phi) is 4.30. The largest absolute Gasteiger partial charge is 0.347 e. The molecular weight excluding hydrogens is 341 g/mol. The number of halogens is 3. The molecule has 0 N–H and O–H groups in total. The predicted octanol–water partition coefficient (Wildman–Crippen LogP) is 4.18. The SMILES string of the molecule is Cc1ccc(C(=O)c2cc(C(=O)C(Cl)(Cl)Cl)n(C)c2)s1. The number of rotatable bonds is 3. The summed E-state index contributed by atoms with van der Waals surface area (Å²) in [7, 11) is 1.63. The van der Waals surface area contributed by atoms with E-state index < -0.39 is 9.58 Å². The number of hydrogen-bond donors (Lipinski definition) is 0. The topological polar surface area (TPSA) is 39.1 Å². The number of carbonyl (C=O) groups is 2. The highest BCUT2D eigenvalue weighted by Gasteiger charge is 2.34. The zero-order chi connectivity index (χ0) is 15.1. The summed E-state index contributed by atoms with van der Waals surface area (Å²) in [6.45, 7) is 1.92. The standard InChI is InChI=1S/C13H10Cl3NO2S/c1-7-3-4-10(20-7)11(18)8-5-9(17(2)6-8)12(19)13(14,15)16/h3-6H,1-2H3. The maximum absolute atomic E-state index is 12.3. The first-order valence-corrected chi connectivity index (χ1v) is 7.54. The third kappa shape index (κ3) is 3.09. The Balaban J connectivity index is 2.37. The Bertz CT molecular complexity index is 682. The fraction of sp³-hybridized carbons (Fsp3) is 0.231. The first-order valence-electron chi connectivity index (χ1n) is 5.59. The van der Waals surface area contributed by atoms with Gasteiger partial charge in [0, 0.05) is 23.7 Å². The van der Waals surface area contributed by atoms with Crippen molar-refractivity contribution in [1.82, 2.24) is 4.57 Å². The summed E-state index contributed by atoms with van der Waals surface area (Å²) < 4.78 is -0.552. The Morgan fingerprint density at radius 1 is 1.25 bits per heavy atom. The highest BCUT2D eigenvalue weighted by atomic mass is 35.6. The van der Waals surface area contributed by atoms with Crippen LogP contribution in [0.5, 0.6) is 0 Å². The number of alkyl halides is 3. The van der Waals surface area contributed by atoms with Gasteiger partial charge in [-0.1, -0.05) is 34.8 Å². The summed E-state index contributed by atoms with van der Waals surface area (Å²) in [5.74, 6) is -0.812. The molecule has 3 nitrogen and oxygen atoms in total. The van der Waals surface area contributed by atoms with Crippen molar-refractivity contribution in [2.45, 2.75) is 10.7 Å². The van der Waals surface area contributed by atoms with Crippen LogP contribution in [-0.2, 0) is 7.05 Å². The summed E-state index contributed by atoms with van der Waals surface area (Å²) >= 11 is 18.2. The number of aryl methyl sites for hydroxylation is 2. The van der Waals surface area contributed by atoms with Gasteiger partial charge in [0.05, 0.1) is 10.6 Å². The fourth-order valence-electron chi connectivity index (χ4n) is 1.76. The summed E-state index contributed by atoms with van der Waals surface area (Å²) in [5.41, 5.74) is 0.577. The number of ketones is 2. The molecule has 2 aromatic rings. The lowest BCUT2D eigenvalue weighted by Crippen LogP contribution is -2.21. The minimum absolute atomic E-state index is 0.151. The van der Waals surface area contributed by atoms with Gasteiger partial charge in [-0.15, -0.1) is 11.3 Å². The van der Waals surface area contributed by atoms with Crippen LogP contribution in [0.4, 0.5) is 0 Å². The van der Waals surface area contributed by atoms with Gasteiger partial charge in [-0.2, -0.15) is 0 Å². The second-order valence-electron chi connectivity index (χ2n) is 4.29. The van der Waals surface area contributed by atoms with Crippen LogP contribution in [0.25, 0.3) is 0 Å². The smallest absolute Gasteiger partial charge is 0.255 e. The molecule has 0 atom stereocenters. The summed E-state index contributed by atoms with van der Waals surface area (Å²) in [4.78, 5) is 25.9. The van der Waals surface area contributed by atoms with Crippen LogP contribution in [0, 0.1) is 6.92 Å². The molecule has 0 saturated heterocycles. The molecule has 2 heterocycles. The number of thiophene rings is 1. The molecule has 106 valence electrons. The molecule has 0 amide bonds. The molecule has 0 fully saturated rings. The van der Waals surface area contributed by atoms with Crippen molar-refractivity contribution in [2.75, 3.05) is 0 Å². The molecule has 2 rings (SSSR count). The van der Waals surface area contributed by atoms with Gasteiger partial charge < -0.3 is 4.57 Å². The minimum atomic E-state index is -2.04. The van der Waals surface area contributed by atoms with Gasteiger partial charge >= 0.3 is 0 Å². The molecule has 0 aliphatic carbocycles. The van der Waals surface area contributed by atoms with Gasteiger partial charge in [0.15, 0.2) is 0 Å². The fourth-order valence-corrected chi connectivity index (χ4v) is 2.88. The van der Waals surface area contributed by atoms with Crippen LogP contribution in [0.15, 0.2) is 24.4 Å². The van der Waals surface area contributed by atoms with E-state index in [0.717, 1.165) is 4.88 Å². The van der Waals surface area contributed by atoms with E-state index in [4.69, 9.17) is 34.8 Å². The first kappa shape index (κ1) is 15.6. The van der Waals surface area contributed by atoms with Crippen molar-refractivity contribution < 1.29 is 9.59 Å². The summed E-state index contributed by atoms with van der Waals surface area (Å²) in [5, 5.41) is 0. The van der Waals surface area contributed by atoms with Crippen molar-refractivity contribution in [2.24, 2.45) is 7.05 Å². The Labute approximate surface area is 135 Å². The molecule has 0 aliphatic rings. The van der Waals surface area contributed by atoms with Crippen molar-refractivity contribution in [3.8, 4) is 0 Å². The monoisotopic (exact) mass is 349 g/mol. The van der Waals surface area contributed by atoms with Gasteiger partial charge in [-0.3, -0.25) is 9.59 Å². The summed E-state index contributed by atoms with van der Waals surface area (Å²) in [6.07, 6.45) is 1.56. The van der Waals surface area contributed by atoms with Gasteiger partial charge in [-0.25, -0.2) is 0 Å². The molecule has 0 bridgehead atoms. The van der Waals surface area contributed by atoms with Gasteiger partial charge in [0.2, 0.25) is 11.6 Å². The Hall–Kier alpha value is -0.810. The molecule has 0 aromatic carbocycles. The number of nitrogens with zero attached hydrogens (tertiary/aromatic N) is 1. The van der Waals surface area contributed by atoms with Gasteiger partial charge in [0.25, 0.3) is 3.79 Å². The van der Waals surface area contributed by atoms with E-state index in [1.165, 1.54) is 22.0 Å². The van der Waals surface area contributed by atoms with E-state index in [1.807, 2.05) is 13.0 Å². The molecule has 20 heavy (non-hydrogen) atoms. The zero-order valence-corrected chi connectivity index (χ0v) is 13.7. The highest BCUT2D eigenvalue weighted by Crippen LogP contribution is 2.31. The second-order valence-corrected chi connectivity index (χ2v) is 7.86. The van der Waals surface area contributed by atoms with E-state index in [0.29, 0.717) is 10.4 Å². The van der Waals surface area contributed by atoms with Crippen molar-refractivity contribution in [3.63, 3.8) is 0 Å². The lowest BCUT2D eigenvalue weighted by Gasteiger charge is -2.09. The maximum atomic E-state index is 12.3. The number of Topliss-reactive ketones (excluding diaryl/α,β-unsaturated/α-hetero) is 1. The highest BCUT2D eigenvalue weighted by molar-refractivity contribution is 7.14. The molecule has 7 heteroatoms. The molecule has 0 spiro atoms. The van der Waals surface area contributed by atoms with Crippen molar-refractivity contribution in [1.29, 1.82) is 0 Å². The molecule has 0 saturated carbocycles. The minimum Gasteiger partial charge on any atom is -0.347 e. The molecule has 0 aliphatic heterocycles. The van der Waals surface area contributed by atoms with Crippen LogP contribution in [0.3, 0.4) is 0 Å². The van der Waals surface area contributed by atoms with Gasteiger partial charge in [0.1, 0.15) is 0 Å². The van der Waals surface area contributed by atoms with E-state index in [-0.39, 0.29) is 11.5 Å². The normalized spacial score (nSPS) is 11.7. The zero-order valence-electron chi connectivity index (χ0n) is 10.6. The molecule has 0 radical (unpaired) electrons. The van der Waals surface area contributed by atoms with E-state index >= 15 is 0 Å². The third-order valence-corrected chi connectivity index (χ3v) is 4.24. The van der Waals surface area contributed by atoms with E-state index in [9.17, 15) is 9.59 Å². The van der Waals surface area contributed by atoms with Crippen molar-refractivity contribution >= 4 is 57.7 Å². The quantitative estimate of drug-likeness (QED) is 0.615. The number of hydrogen-bond acceptors (Lipinski definition) is 3. The van der Waals surface area contributed by atoms with E-state index in [2.05, 4.69) is 0 Å². The first-order chi connectivity index (χ1) is 9.20.